The van der Waals surface area contributed by atoms with Crippen molar-refractivity contribution in [2.24, 2.45) is 0 Å². The lowest BCUT2D eigenvalue weighted by atomic mass is 10.1. The lowest BCUT2D eigenvalue weighted by molar-refractivity contribution is 0.0900. The van der Waals surface area contributed by atoms with Crippen molar-refractivity contribution in [2.45, 2.75) is 43.9 Å². The molecule has 0 spiro atoms. The maximum Gasteiger partial charge on any atom is 0.271 e. The molecule has 2 fully saturated rings. The van der Waals surface area contributed by atoms with Gasteiger partial charge in [0.25, 0.3) is 5.91 Å². The van der Waals surface area contributed by atoms with Crippen molar-refractivity contribution >= 4 is 5.91 Å². The first kappa shape index (κ1) is 13.5. The van der Waals surface area contributed by atoms with Gasteiger partial charge in [0, 0.05) is 37.6 Å². The molecule has 2 heterocycles. The second-order valence-corrected chi connectivity index (χ2v) is 5.61. The Balaban J connectivity index is 1.63. The maximum atomic E-state index is 12.1. The first-order chi connectivity index (χ1) is 9.74. The van der Waals surface area contributed by atoms with Crippen LogP contribution in [0, 0.1) is 0 Å². The van der Waals surface area contributed by atoms with Crippen molar-refractivity contribution in [3.8, 4) is 0 Å². The van der Waals surface area contributed by atoms with E-state index in [1.54, 1.807) is 6.20 Å². The lowest BCUT2D eigenvalue weighted by Crippen LogP contribution is -2.48. The number of amides is 1. The van der Waals surface area contributed by atoms with Gasteiger partial charge in [-0.2, -0.15) is 0 Å². The Hall–Kier alpha value is -1.53. The highest BCUT2D eigenvalue weighted by atomic mass is 16.3. The summed E-state index contributed by atoms with van der Waals surface area (Å²) in [6.45, 7) is 1.64. The summed E-state index contributed by atoms with van der Waals surface area (Å²) in [4.78, 5) is 22.4. The first-order valence-corrected chi connectivity index (χ1v) is 7.23. The molecule has 2 aliphatic rings. The van der Waals surface area contributed by atoms with Gasteiger partial charge in [0.15, 0.2) is 0 Å². The van der Waals surface area contributed by atoms with Crippen LogP contribution in [0.4, 0.5) is 0 Å². The summed E-state index contributed by atoms with van der Waals surface area (Å²) in [7, 11) is 0. The molecule has 3 rings (SSSR count). The van der Waals surface area contributed by atoms with Crippen LogP contribution in [0.25, 0.3) is 0 Å². The van der Waals surface area contributed by atoms with Crippen molar-refractivity contribution in [1.29, 1.82) is 0 Å². The van der Waals surface area contributed by atoms with Gasteiger partial charge in [0.1, 0.15) is 5.69 Å². The van der Waals surface area contributed by atoms with Gasteiger partial charge in [0.05, 0.1) is 12.3 Å². The SMILES string of the molecule is O=C(N[C@@H]1CCC[C@@H]1N1CCC(O)C1)c1cnccn1. The molecule has 1 aliphatic heterocycles. The number of aromatic nitrogens is 2. The third-order valence-electron chi connectivity index (χ3n) is 4.26. The molecular formula is C14H20N4O2. The highest BCUT2D eigenvalue weighted by molar-refractivity contribution is 5.92. The zero-order valence-corrected chi connectivity index (χ0v) is 11.4. The number of aliphatic hydroxyl groups excluding tert-OH is 1. The van der Waals surface area contributed by atoms with Gasteiger partial charge < -0.3 is 10.4 Å². The molecule has 0 aromatic carbocycles. The maximum absolute atomic E-state index is 12.1. The van der Waals surface area contributed by atoms with Crippen LogP contribution in [0.15, 0.2) is 18.6 Å². The third kappa shape index (κ3) is 2.81. The fourth-order valence-corrected chi connectivity index (χ4v) is 3.27. The summed E-state index contributed by atoms with van der Waals surface area (Å²) in [5.41, 5.74) is 0.361. The standard InChI is InChI=1S/C14H20N4O2/c19-10-4-7-18(9-10)13-3-1-2-11(13)17-14(20)12-8-15-5-6-16-12/h5-6,8,10-11,13,19H,1-4,7,9H2,(H,17,20)/t10?,11-,13+/m1/s1. The van der Waals surface area contributed by atoms with Crippen molar-refractivity contribution in [2.75, 3.05) is 13.1 Å². The van der Waals surface area contributed by atoms with E-state index in [9.17, 15) is 9.90 Å². The van der Waals surface area contributed by atoms with Crippen LogP contribution in [0.3, 0.4) is 0 Å². The zero-order chi connectivity index (χ0) is 13.9. The Labute approximate surface area is 118 Å². The van der Waals surface area contributed by atoms with Crippen LogP contribution in [0.1, 0.15) is 36.2 Å². The number of hydrogen-bond donors (Lipinski definition) is 2. The summed E-state index contributed by atoms with van der Waals surface area (Å²) >= 11 is 0. The molecule has 6 heteroatoms. The number of β-amino-alcohol motifs (C(OH)–C–C–N with tert-alkyl or cyclic N) is 1. The number of carbonyl (C=O) groups excluding carboxylic acids is 1. The molecule has 1 unspecified atom stereocenters. The van der Waals surface area contributed by atoms with Crippen molar-refractivity contribution < 1.29 is 9.90 Å². The van der Waals surface area contributed by atoms with Crippen molar-refractivity contribution in [3.63, 3.8) is 0 Å². The van der Waals surface area contributed by atoms with Crippen molar-refractivity contribution in [3.05, 3.63) is 24.3 Å². The number of rotatable bonds is 3. The van der Waals surface area contributed by atoms with Gasteiger partial charge in [-0.1, -0.05) is 0 Å². The highest BCUT2D eigenvalue weighted by Crippen LogP contribution is 2.27. The molecule has 0 bridgehead atoms. The van der Waals surface area contributed by atoms with Gasteiger partial charge >= 0.3 is 0 Å². The van der Waals surface area contributed by atoms with E-state index in [1.807, 2.05) is 0 Å². The molecule has 1 saturated heterocycles. The highest BCUT2D eigenvalue weighted by Gasteiger charge is 2.36. The van der Waals surface area contributed by atoms with Crippen LogP contribution in [0.2, 0.25) is 0 Å². The molecule has 1 saturated carbocycles. The summed E-state index contributed by atoms with van der Waals surface area (Å²) in [5.74, 6) is -0.158. The molecule has 0 radical (unpaired) electrons. The number of likely N-dealkylation sites (tertiary alicyclic amines) is 1. The average Bonchev–Trinajstić information content (AvgIpc) is 3.08. The van der Waals surface area contributed by atoms with Crippen LogP contribution in [-0.2, 0) is 0 Å². The van der Waals surface area contributed by atoms with Gasteiger partial charge in [-0.3, -0.25) is 14.7 Å². The Bertz CT molecular complexity index is 468. The Morgan fingerprint density at radius 1 is 1.35 bits per heavy atom. The van der Waals surface area contributed by atoms with E-state index in [-0.39, 0.29) is 18.1 Å². The molecule has 1 aromatic rings. The van der Waals surface area contributed by atoms with Crippen LogP contribution >= 0.6 is 0 Å². The molecule has 3 atom stereocenters. The van der Waals surface area contributed by atoms with E-state index < -0.39 is 0 Å². The number of nitrogens with one attached hydrogen (secondary N) is 1. The third-order valence-corrected chi connectivity index (χ3v) is 4.26. The average molecular weight is 276 g/mol. The van der Waals surface area contributed by atoms with Crippen LogP contribution < -0.4 is 5.32 Å². The molecule has 6 nitrogen and oxygen atoms in total. The quantitative estimate of drug-likeness (QED) is 0.824. The fraction of sp³-hybridized carbons (Fsp3) is 0.643. The van der Waals surface area contributed by atoms with E-state index in [1.165, 1.54) is 12.4 Å². The fourth-order valence-electron chi connectivity index (χ4n) is 3.27. The van der Waals surface area contributed by atoms with Crippen LogP contribution in [0.5, 0.6) is 0 Å². The topological polar surface area (TPSA) is 78.4 Å². The summed E-state index contributed by atoms with van der Waals surface area (Å²) in [6, 6.07) is 0.488. The largest absolute Gasteiger partial charge is 0.392 e. The normalized spacial score (nSPS) is 30.6. The van der Waals surface area contributed by atoms with E-state index in [2.05, 4.69) is 20.2 Å². The monoisotopic (exact) mass is 276 g/mol. The summed E-state index contributed by atoms with van der Waals surface area (Å²) in [6.07, 6.45) is 8.37. The molecule has 1 aliphatic carbocycles. The minimum absolute atomic E-state index is 0.148. The van der Waals surface area contributed by atoms with Crippen molar-refractivity contribution in [1.82, 2.24) is 20.2 Å². The number of hydrogen-bond acceptors (Lipinski definition) is 5. The smallest absolute Gasteiger partial charge is 0.271 e. The number of aliphatic hydroxyl groups is 1. The van der Waals surface area contributed by atoms with Crippen LogP contribution in [-0.4, -0.2) is 57.2 Å². The first-order valence-electron chi connectivity index (χ1n) is 7.23. The predicted octanol–water partition coefficient (Wildman–Crippen LogP) is 0.194. The van der Waals surface area contributed by atoms with E-state index >= 15 is 0 Å². The minimum Gasteiger partial charge on any atom is -0.392 e. The van der Waals surface area contributed by atoms with E-state index in [0.717, 1.165) is 38.8 Å². The molecule has 2 N–H and O–H groups in total. The second kappa shape index (κ2) is 5.85. The molecule has 1 aromatic heterocycles. The molecule has 108 valence electrons. The van der Waals surface area contributed by atoms with Gasteiger partial charge in [-0.05, 0) is 25.7 Å². The predicted molar refractivity (Wildman–Crippen MR) is 73.1 cm³/mol. The van der Waals surface area contributed by atoms with E-state index in [0.29, 0.717) is 11.7 Å². The van der Waals surface area contributed by atoms with E-state index in [4.69, 9.17) is 0 Å². The number of carbonyl (C=O) groups is 1. The number of nitrogens with zero attached hydrogens (tertiary/aromatic N) is 3. The van der Waals surface area contributed by atoms with Gasteiger partial charge in [-0.25, -0.2) is 4.98 Å². The Morgan fingerprint density at radius 3 is 2.95 bits per heavy atom. The minimum atomic E-state index is -0.216. The molecular weight excluding hydrogens is 256 g/mol. The second-order valence-electron chi connectivity index (χ2n) is 5.61. The molecule has 20 heavy (non-hydrogen) atoms. The Morgan fingerprint density at radius 2 is 2.25 bits per heavy atom. The lowest BCUT2D eigenvalue weighted by Gasteiger charge is -2.29. The summed E-state index contributed by atoms with van der Waals surface area (Å²) < 4.78 is 0. The zero-order valence-electron chi connectivity index (χ0n) is 11.4. The molecule has 1 amide bonds. The van der Waals surface area contributed by atoms with Gasteiger partial charge in [0.2, 0.25) is 0 Å². The van der Waals surface area contributed by atoms with Gasteiger partial charge in [-0.15, -0.1) is 0 Å². The Kier molecular flexibility index (Phi) is 3.93. The summed E-state index contributed by atoms with van der Waals surface area (Å²) in [5, 5.41) is 12.7.